The zero-order valence-electron chi connectivity index (χ0n) is 11.5. The van der Waals surface area contributed by atoms with Crippen molar-refractivity contribution in [3.05, 3.63) is 58.4 Å². The standard InChI is InChI=1S/C16H18ClNO/c1-11-6-12(2)8-14(7-11)10-19-16-5-4-13(3)18-15(16)9-17/h4-8H,9-10H2,1-3H3. The number of hydrogen-bond acceptors (Lipinski definition) is 2. The van der Waals surface area contributed by atoms with Gasteiger partial charge in [-0.15, -0.1) is 11.6 Å². The summed E-state index contributed by atoms with van der Waals surface area (Å²) < 4.78 is 5.83. The Hall–Kier alpha value is -1.54. The molecule has 2 aromatic rings. The van der Waals surface area contributed by atoms with Gasteiger partial charge in [0.05, 0.1) is 11.6 Å². The molecule has 100 valence electrons. The Bertz CT molecular complexity index is 561. The second-order valence-corrected chi connectivity index (χ2v) is 5.08. The van der Waals surface area contributed by atoms with E-state index in [-0.39, 0.29) is 0 Å². The number of halogens is 1. The van der Waals surface area contributed by atoms with Gasteiger partial charge in [-0.1, -0.05) is 29.3 Å². The maximum absolute atomic E-state index is 5.89. The lowest BCUT2D eigenvalue weighted by Gasteiger charge is -2.11. The Morgan fingerprint density at radius 3 is 2.37 bits per heavy atom. The van der Waals surface area contributed by atoms with Gasteiger partial charge in [-0.3, -0.25) is 4.98 Å². The maximum atomic E-state index is 5.89. The summed E-state index contributed by atoms with van der Waals surface area (Å²) in [6.45, 7) is 6.67. The van der Waals surface area contributed by atoms with Gasteiger partial charge >= 0.3 is 0 Å². The van der Waals surface area contributed by atoms with Crippen molar-refractivity contribution in [3.8, 4) is 5.75 Å². The van der Waals surface area contributed by atoms with Crippen molar-refractivity contribution in [3.63, 3.8) is 0 Å². The van der Waals surface area contributed by atoms with Crippen LogP contribution >= 0.6 is 11.6 Å². The highest BCUT2D eigenvalue weighted by Crippen LogP contribution is 2.20. The van der Waals surface area contributed by atoms with Crippen LogP contribution in [0.3, 0.4) is 0 Å². The van der Waals surface area contributed by atoms with E-state index in [4.69, 9.17) is 16.3 Å². The molecule has 0 aliphatic heterocycles. The summed E-state index contributed by atoms with van der Waals surface area (Å²) in [5.74, 6) is 1.13. The highest BCUT2D eigenvalue weighted by atomic mass is 35.5. The summed E-state index contributed by atoms with van der Waals surface area (Å²) in [4.78, 5) is 4.38. The van der Waals surface area contributed by atoms with Crippen molar-refractivity contribution in [1.29, 1.82) is 0 Å². The molecule has 0 fully saturated rings. The molecule has 0 amide bonds. The van der Waals surface area contributed by atoms with Gasteiger partial charge in [0.25, 0.3) is 0 Å². The molecular weight excluding hydrogens is 258 g/mol. The van der Waals surface area contributed by atoms with Gasteiger partial charge in [0.15, 0.2) is 0 Å². The molecule has 1 heterocycles. The molecule has 0 aliphatic carbocycles. The van der Waals surface area contributed by atoms with E-state index in [2.05, 4.69) is 37.0 Å². The maximum Gasteiger partial charge on any atom is 0.142 e. The SMILES string of the molecule is Cc1cc(C)cc(COc2ccc(C)nc2CCl)c1. The highest BCUT2D eigenvalue weighted by molar-refractivity contribution is 6.17. The minimum Gasteiger partial charge on any atom is -0.487 e. The smallest absolute Gasteiger partial charge is 0.142 e. The Labute approximate surface area is 119 Å². The molecule has 3 heteroatoms. The largest absolute Gasteiger partial charge is 0.487 e. The summed E-state index contributed by atoms with van der Waals surface area (Å²) in [6.07, 6.45) is 0. The van der Waals surface area contributed by atoms with Gasteiger partial charge in [0.2, 0.25) is 0 Å². The average molecular weight is 276 g/mol. The molecular formula is C16H18ClNO. The molecule has 2 rings (SSSR count). The predicted molar refractivity (Wildman–Crippen MR) is 78.8 cm³/mol. The summed E-state index contributed by atoms with van der Waals surface area (Å²) >= 11 is 5.89. The molecule has 1 aromatic carbocycles. The monoisotopic (exact) mass is 275 g/mol. The lowest BCUT2D eigenvalue weighted by atomic mass is 10.1. The lowest BCUT2D eigenvalue weighted by molar-refractivity contribution is 0.302. The van der Waals surface area contributed by atoms with E-state index in [1.165, 1.54) is 16.7 Å². The molecule has 0 spiro atoms. The topological polar surface area (TPSA) is 22.1 Å². The van der Waals surface area contributed by atoms with Crippen molar-refractivity contribution >= 4 is 11.6 Å². The molecule has 0 bridgehead atoms. The first kappa shape index (κ1) is 13.9. The molecule has 0 saturated carbocycles. The third-order valence-electron chi connectivity index (χ3n) is 2.87. The number of benzene rings is 1. The zero-order valence-corrected chi connectivity index (χ0v) is 12.3. The fourth-order valence-corrected chi connectivity index (χ4v) is 2.33. The number of aryl methyl sites for hydroxylation is 3. The first-order valence-electron chi connectivity index (χ1n) is 6.31. The zero-order chi connectivity index (χ0) is 13.8. The van der Waals surface area contributed by atoms with E-state index < -0.39 is 0 Å². The van der Waals surface area contributed by atoms with Crippen LogP contribution in [0.1, 0.15) is 28.1 Å². The van der Waals surface area contributed by atoms with E-state index in [1.807, 2.05) is 19.1 Å². The van der Waals surface area contributed by atoms with Gasteiger partial charge in [-0.05, 0) is 38.5 Å². The van der Waals surface area contributed by atoms with Crippen LogP contribution in [0.4, 0.5) is 0 Å². The highest BCUT2D eigenvalue weighted by Gasteiger charge is 2.05. The second-order valence-electron chi connectivity index (χ2n) is 4.82. The quantitative estimate of drug-likeness (QED) is 0.775. The van der Waals surface area contributed by atoms with Crippen molar-refractivity contribution in [2.45, 2.75) is 33.3 Å². The van der Waals surface area contributed by atoms with Crippen LogP contribution in [0, 0.1) is 20.8 Å². The van der Waals surface area contributed by atoms with E-state index in [0.29, 0.717) is 12.5 Å². The lowest BCUT2D eigenvalue weighted by Crippen LogP contribution is -2.01. The third kappa shape index (κ3) is 3.71. The van der Waals surface area contributed by atoms with Crippen LogP contribution < -0.4 is 4.74 Å². The number of ether oxygens (including phenoxy) is 1. The Morgan fingerprint density at radius 2 is 1.74 bits per heavy atom. The summed E-state index contributed by atoms with van der Waals surface area (Å²) in [5.41, 5.74) is 5.41. The minimum absolute atomic E-state index is 0.365. The Kier molecular flexibility index (Phi) is 4.43. The minimum atomic E-state index is 0.365. The number of pyridine rings is 1. The number of nitrogens with zero attached hydrogens (tertiary/aromatic N) is 1. The van der Waals surface area contributed by atoms with Crippen LogP contribution in [-0.4, -0.2) is 4.98 Å². The fourth-order valence-electron chi connectivity index (χ4n) is 2.14. The molecule has 0 aliphatic rings. The van der Waals surface area contributed by atoms with Gasteiger partial charge in [0.1, 0.15) is 12.4 Å². The molecule has 19 heavy (non-hydrogen) atoms. The van der Waals surface area contributed by atoms with Gasteiger partial charge in [-0.25, -0.2) is 0 Å². The number of rotatable bonds is 4. The number of hydrogen-bond donors (Lipinski definition) is 0. The van der Waals surface area contributed by atoms with Crippen molar-refractivity contribution in [2.24, 2.45) is 0 Å². The van der Waals surface area contributed by atoms with E-state index in [0.717, 1.165) is 17.1 Å². The molecule has 0 unspecified atom stereocenters. The van der Waals surface area contributed by atoms with Crippen LogP contribution in [0.15, 0.2) is 30.3 Å². The van der Waals surface area contributed by atoms with Crippen LogP contribution in [-0.2, 0) is 12.5 Å². The number of alkyl halides is 1. The second kappa shape index (κ2) is 6.07. The predicted octanol–water partition coefficient (Wildman–Crippen LogP) is 4.32. The van der Waals surface area contributed by atoms with Crippen LogP contribution in [0.5, 0.6) is 5.75 Å². The molecule has 2 nitrogen and oxygen atoms in total. The fraction of sp³-hybridized carbons (Fsp3) is 0.312. The van der Waals surface area contributed by atoms with Gasteiger partial charge in [-0.2, -0.15) is 0 Å². The van der Waals surface area contributed by atoms with Crippen molar-refractivity contribution in [1.82, 2.24) is 4.98 Å². The van der Waals surface area contributed by atoms with E-state index in [9.17, 15) is 0 Å². The van der Waals surface area contributed by atoms with E-state index in [1.54, 1.807) is 0 Å². The molecule has 0 radical (unpaired) electrons. The Morgan fingerprint density at radius 1 is 1.05 bits per heavy atom. The normalized spacial score (nSPS) is 10.5. The Balaban J connectivity index is 2.14. The summed E-state index contributed by atoms with van der Waals surface area (Å²) in [5, 5.41) is 0. The third-order valence-corrected chi connectivity index (χ3v) is 3.13. The summed E-state index contributed by atoms with van der Waals surface area (Å²) in [6, 6.07) is 10.3. The van der Waals surface area contributed by atoms with Crippen molar-refractivity contribution < 1.29 is 4.74 Å². The number of aromatic nitrogens is 1. The summed E-state index contributed by atoms with van der Waals surface area (Å²) in [7, 11) is 0. The molecule has 0 N–H and O–H groups in total. The first-order valence-corrected chi connectivity index (χ1v) is 6.84. The van der Waals surface area contributed by atoms with E-state index >= 15 is 0 Å². The van der Waals surface area contributed by atoms with Crippen LogP contribution in [0.2, 0.25) is 0 Å². The molecule has 0 atom stereocenters. The van der Waals surface area contributed by atoms with Crippen molar-refractivity contribution in [2.75, 3.05) is 0 Å². The first-order chi connectivity index (χ1) is 9.08. The van der Waals surface area contributed by atoms with Gasteiger partial charge < -0.3 is 4.74 Å². The average Bonchev–Trinajstić information content (AvgIpc) is 2.36. The molecule has 0 saturated heterocycles. The van der Waals surface area contributed by atoms with Gasteiger partial charge in [0, 0.05) is 5.69 Å². The molecule has 1 aromatic heterocycles. The van der Waals surface area contributed by atoms with Crippen LogP contribution in [0.25, 0.3) is 0 Å².